The van der Waals surface area contributed by atoms with Crippen LogP contribution in [0.2, 0.25) is 0 Å². The van der Waals surface area contributed by atoms with E-state index in [0.717, 1.165) is 5.92 Å². The fraction of sp³-hybridized carbons (Fsp3) is 1.00. The van der Waals surface area contributed by atoms with Crippen molar-refractivity contribution < 1.29 is 0 Å². The highest BCUT2D eigenvalue weighted by Crippen LogP contribution is 2.21. The van der Waals surface area contributed by atoms with Gasteiger partial charge in [0.25, 0.3) is 0 Å². The third-order valence-corrected chi connectivity index (χ3v) is 2.73. The van der Waals surface area contributed by atoms with E-state index >= 15 is 0 Å². The minimum Gasteiger partial charge on any atom is -0.271 e. The summed E-state index contributed by atoms with van der Waals surface area (Å²) in [6.07, 6.45) is 7.99. The Hall–Kier alpha value is -0.0800. The molecule has 0 saturated heterocycles. The van der Waals surface area contributed by atoms with Gasteiger partial charge >= 0.3 is 0 Å². The highest BCUT2D eigenvalue weighted by atomic mass is 15.2. The van der Waals surface area contributed by atoms with Gasteiger partial charge in [0, 0.05) is 6.04 Å². The van der Waals surface area contributed by atoms with Crippen LogP contribution in [-0.2, 0) is 0 Å². The van der Waals surface area contributed by atoms with Gasteiger partial charge < -0.3 is 0 Å². The van der Waals surface area contributed by atoms with Crippen LogP contribution in [0.3, 0.4) is 0 Å². The topological polar surface area (TPSA) is 38.0 Å². The Morgan fingerprint density at radius 2 is 1.64 bits per heavy atom. The molecule has 0 heterocycles. The van der Waals surface area contributed by atoms with E-state index in [1.54, 1.807) is 0 Å². The molecule has 1 aliphatic rings. The van der Waals surface area contributed by atoms with Crippen LogP contribution in [-0.4, -0.2) is 6.04 Å². The van der Waals surface area contributed by atoms with E-state index in [2.05, 4.69) is 12.3 Å². The zero-order valence-corrected chi connectivity index (χ0v) is 7.47. The lowest BCUT2D eigenvalue weighted by molar-refractivity contribution is 0.346. The Morgan fingerprint density at radius 1 is 1.09 bits per heavy atom. The van der Waals surface area contributed by atoms with Gasteiger partial charge in [-0.05, 0) is 18.8 Å². The summed E-state index contributed by atoms with van der Waals surface area (Å²) in [6, 6.07) is 0.586. The number of hydrogen-bond acceptors (Lipinski definition) is 2. The highest BCUT2D eigenvalue weighted by molar-refractivity contribution is 4.69. The van der Waals surface area contributed by atoms with Crippen LogP contribution in [0.15, 0.2) is 0 Å². The van der Waals surface area contributed by atoms with Crippen molar-refractivity contribution in [3.05, 3.63) is 0 Å². The summed E-state index contributed by atoms with van der Waals surface area (Å²) in [6.45, 7) is 2.36. The number of hydrazine groups is 1. The van der Waals surface area contributed by atoms with Gasteiger partial charge in [0.1, 0.15) is 0 Å². The Bertz CT molecular complexity index is 93.7. The number of rotatable bonds is 1. The van der Waals surface area contributed by atoms with Gasteiger partial charge in [0.2, 0.25) is 0 Å². The second-order valence-electron chi connectivity index (χ2n) is 3.83. The largest absolute Gasteiger partial charge is 0.271 e. The van der Waals surface area contributed by atoms with E-state index in [1.165, 1.54) is 38.5 Å². The van der Waals surface area contributed by atoms with Gasteiger partial charge in [-0.2, -0.15) is 0 Å². The molecule has 0 aromatic carbocycles. The zero-order chi connectivity index (χ0) is 8.10. The first-order chi connectivity index (χ1) is 5.33. The molecule has 3 N–H and O–H groups in total. The Balaban J connectivity index is 2.22. The van der Waals surface area contributed by atoms with Crippen LogP contribution >= 0.6 is 0 Å². The maximum Gasteiger partial charge on any atom is 0.0210 e. The fourth-order valence-corrected chi connectivity index (χ4v) is 1.88. The molecule has 0 atom stereocenters. The summed E-state index contributed by atoms with van der Waals surface area (Å²) in [5.74, 6) is 6.35. The smallest absolute Gasteiger partial charge is 0.0210 e. The lowest BCUT2D eigenvalue weighted by Crippen LogP contribution is -2.35. The summed E-state index contributed by atoms with van der Waals surface area (Å²) < 4.78 is 0. The molecule has 1 rings (SSSR count). The first-order valence-electron chi connectivity index (χ1n) is 4.79. The Morgan fingerprint density at radius 3 is 2.09 bits per heavy atom. The van der Waals surface area contributed by atoms with Gasteiger partial charge in [0.15, 0.2) is 0 Å². The van der Waals surface area contributed by atoms with E-state index in [4.69, 9.17) is 5.84 Å². The van der Waals surface area contributed by atoms with E-state index < -0.39 is 0 Å². The molecular formula is C9H20N2. The molecule has 0 bridgehead atoms. The predicted octanol–water partition coefficient (Wildman–Crippen LogP) is 1.81. The zero-order valence-electron chi connectivity index (χ0n) is 7.47. The van der Waals surface area contributed by atoms with E-state index in [9.17, 15) is 0 Å². The minimum atomic E-state index is 0.586. The van der Waals surface area contributed by atoms with Gasteiger partial charge in [-0.15, -0.1) is 0 Å². The summed E-state index contributed by atoms with van der Waals surface area (Å²) in [5.41, 5.74) is 2.89. The van der Waals surface area contributed by atoms with Gasteiger partial charge in [-0.3, -0.25) is 11.3 Å². The molecule has 0 amide bonds. The monoisotopic (exact) mass is 156 g/mol. The maximum atomic E-state index is 5.41. The quantitative estimate of drug-likeness (QED) is 0.449. The van der Waals surface area contributed by atoms with Crippen LogP contribution < -0.4 is 11.3 Å². The van der Waals surface area contributed by atoms with Crippen molar-refractivity contribution in [3.8, 4) is 0 Å². The molecule has 1 fully saturated rings. The molecule has 11 heavy (non-hydrogen) atoms. The molecular weight excluding hydrogens is 136 g/mol. The van der Waals surface area contributed by atoms with Crippen molar-refractivity contribution in [2.75, 3.05) is 0 Å². The van der Waals surface area contributed by atoms with Crippen LogP contribution in [0.4, 0.5) is 0 Å². The standard InChI is InChI=1S/C9H20N2/c1-8-4-2-6-9(11-10)7-3-5-8/h8-9,11H,2-7,10H2,1H3. The first kappa shape index (κ1) is 9.01. The van der Waals surface area contributed by atoms with Gasteiger partial charge in [-0.25, -0.2) is 0 Å². The van der Waals surface area contributed by atoms with Crippen molar-refractivity contribution >= 4 is 0 Å². The Labute approximate surface area is 69.5 Å². The first-order valence-corrected chi connectivity index (χ1v) is 4.79. The van der Waals surface area contributed by atoms with Crippen molar-refractivity contribution in [2.45, 2.75) is 51.5 Å². The summed E-state index contributed by atoms with van der Waals surface area (Å²) >= 11 is 0. The third-order valence-electron chi connectivity index (χ3n) is 2.73. The molecule has 0 radical (unpaired) electrons. The van der Waals surface area contributed by atoms with Crippen LogP contribution in [0.25, 0.3) is 0 Å². The molecule has 1 saturated carbocycles. The van der Waals surface area contributed by atoms with Gasteiger partial charge in [0.05, 0.1) is 0 Å². The SMILES string of the molecule is CC1CCCC(NN)CCC1. The number of hydrogen-bond donors (Lipinski definition) is 2. The third kappa shape index (κ3) is 3.21. The van der Waals surface area contributed by atoms with Crippen LogP contribution in [0.1, 0.15) is 45.4 Å². The van der Waals surface area contributed by atoms with Crippen molar-refractivity contribution in [1.29, 1.82) is 0 Å². The highest BCUT2D eigenvalue weighted by Gasteiger charge is 2.12. The van der Waals surface area contributed by atoms with E-state index in [-0.39, 0.29) is 0 Å². The second-order valence-corrected chi connectivity index (χ2v) is 3.83. The van der Waals surface area contributed by atoms with E-state index in [0.29, 0.717) is 6.04 Å². The lowest BCUT2D eigenvalue weighted by atomic mass is 9.90. The lowest BCUT2D eigenvalue weighted by Gasteiger charge is -2.21. The van der Waals surface area contributed by atoms with Crippen LogP contribution in [0, 0.1) is 5.92 Å². The summed E-state index contributed by atoms with van der Waals surface area (Å²) in [4.78, 5) is 0. The van der Waals surface area contributed by atoms with Crippen LogP contribution in [0.5, 0.6) is 0 Å². The maximum absolute atomic E-state index is 5.41. The minimum absolute atomic E-state index is 0.586. The van der Waals surface area contributed by atoms with Gasteiger partial charge in [-0.1, -0.05) is 32.6 Å². The molecule has 0 aromatic heterocycles. The molecule has 0 spiro atoms. The molecule has 0 aliphatic heterocycles. The Kier molecular flexibility index (Phi) is 3.87. The predicted molar refractivity (Wildman–Crippen MR) is 48.0 cm³/mol. The van der Waals surface area contributed by atoms with E-state index in [1.807, 2.05) is 0 Å². The normalized spacial score (nSPS) is 34.4. The molecule has 2 nitrogen and oxygen atoms in total. The molecule has 0 unspecified atom stereocenters. The second kappa shape index (κ2) is 4.73. The van der Waals surface area contributed by atoms with Crippen molar-refractivity contribution in [2.24, 2.45) is 11.8 Å². The van der Waals surface area contributed by atoms with Crippen molar-refractivity contribution in [3.63, 3.8) is 0 Å². The average Bonchev–Trinajstić information content (AvgIpc) is 1.96. The fourth-order valence-electron chi connectivity index (χ4n) is 1.88. The molecule has 1 aliphatic carbocycles. The summed E-state index contributed by atoms with van der Waals surface area (Å²) in [5, 5.41) is 0. The summed E-state index contributed by atoms with van der Waals surface area (Å²) in [7, 11) is 0. The molecule has 2 heteroatoms. The number of nitrogens with two attached hydrogens (primary N) is 1. The average molecular weight is 156 g/mol. The number of nitrogens with one attached hydrogen (secondary N) is 1. The molecule has 66 valence electrons. The van der Waals surface area contributed by atoms with Crippen molar-refractivity contribution in [1.82, 2.24) is 5.43 Å². The molecule has 0 aromatic rings.